The highest BCUT2D eigenvalue weighted by Gasteiger charge is 2.25. The third-order valence-electron chi connectivity index (χ3n) is 3.42. The molecule has 0 saturated heterocycles. The highest BCUT2D eigenvalue weighted by Crippen LogP contribution is 2.29. The number of aryl methyl sites for hydroxylation is 1. The molecule has 25 heavy (non-hydrogen) atoms. The number of nitrogens with zero attached hydrogens (tertiary/aromatic N) is 2. The minimum atomic E-state index is -1.26. The summed E-state index contributed by atoms with van der Waals surface area (Å²) >= 11 is 3.28. The molecule has 0 radical (unpaired) electrons. The molecule has 0 spiro atoms. The third kappa shape index (κ3) is 3.58. The van der Waals surface area contributed by atoms with E-state index in [1.165, 1.54) is 6.20 Å². The van der Waals surface area contributed by atoms with Gasteiger partial charge in [-0.1, -0.05) is 21.1 Å². The Hall–Kier alpha value is -3.00. The molecule has 126 valence electrons. The molecule has 2 N–H and O–H groups in total. The Morgan fingerprint density at radius 1 is 1.16 bits per heavy atom. The summed E-state index contributed by atoms with van der Waals surface area (Å²) < 4.78 is 5.88. The highest BCUT2D eigenvalue weighted by molar-refractivity contribution is 9.10. The van der Waals surface area contributed by atoms with Crippen LogP contribution in [0.3, 0.4) is 0 Å². The number of hydrogen-bond acceptors (Lipinski definition) is 5. The number of aromatic carboxylic acids is 1. The van der Waals surface area contributed by atoms with Crippen LogP contribution in [0.4, 0.5) is 5.88 Å². The lowest BCUT2D eigenvalue weighted by molar-refractivity contribution is 0.0698. The number of pyridine rings is 1. The number of anilines is 1. The molecule has 0 fully saturated rings. The molecule has 2 heterocycles. The van der Waals surface area contributed by atoms with Crippen molar-refractivity contribution < 1.29 is 19.2 Å². The van der Waals surface area contributed by atoms with E-state index in [4.69, 9.17) is 4.52 Å². The van der Waals surface area contributed by atoms with Crippen molar-refractivity contribution >= 4 is 33.7 Å². The van der Waals surface area contributed by atoms with E-state index in [1.54, 1.807) is 36.4 Å². The fourth-order valence-electron chi connectivity index (χ4n) is 2.16. The lowest BCUT2D eigenvalue weighted by atomic mass is 10.1. The molecular formula is C17H12BrN3O4. The van der Waals surface area contributed by atoms with Gasteiger partial charge in [-0.05, 0) is 43.3 Å². The summed E-state index contributed by atoms with van der Waals surface area (Å²) in [5.74, 6) is -1.99. The normalized spacial score (nSPS) is 10.5. The maximum atomic E-state index is 12.3. The summed E-state index contributed by atoms with van der Waals surface area (Å²) in [7, 11) is 0. The summed E-state index contributed by atoms with van der Waals surface area (Å²) in [5.41, 5.74) is 1.50. The fraction of sp³-hybridized carbons (Fsp3) is 0.0588. The monoisotopic (exact) mass is 401 g/mol. The van der Waals surface area contributed by atoms with Crippen molar-refractivity contribution in [2.24, 2.45) is 0 Å². The van der Waals surface area contributed by atoms with Crippen molar-refractivity contribution in [1.29, 1.82) is 0 Å². The molecular weight excluding hydrogens is 390 g/mol. The molecule has 0 unspecified atom stereocenters. The minimum absolute atomic E-state index is 0.103. The number of carbonyl (C=O) groups excluding carboxylic acids is 1. The number of amides is 1. The third-order valence-corrected chi connectivity index (χ3v) is 3.95. The average Bonchev–Trinajstić information content (AvgIpc) is 3.00. The van der Waals surface area contributed by atoms with Crippen LogP contribution in [0.1, 0.15) is 26.4 Å². The fourth-order valence-corrected chi connectivity index (χ4v) is 2.42. The van der Waals surface area contributed by atoms with E-state index in [1.807, 2.05) is 6.92 Å². The largest absolute Gasteiger partial charge is 0.477 e. The Balaban J connectivity index is 1.94. The standard InChI is InChI=1S/C17H12BrN3O4/c1-9-2-3-11(8-19-9)14-13(17(23)24)16(25-21-14)20-15(22)10-4-6-12(18)7-5-10/h2-8H,1H3,(H,20,22)(H,23,24). The van der Waals surface area contributed by atoms with Crippen molar-refractivity contribution in [3.63, 3.8) is 0 Å². The Labute approximate surface area is 150 Å². The molecule has 1 aromatic carbocycles. The van der Waals surface area contributed by atoms with E-state index in [-0.39, 0.29) is 17.1 Å². The smallest absolute Gasteiger partial charge is 0.343 e. The van der Waals surface area contributed by atoms with E-state index in [2.05, 4.69) is 31.4 Å². The van der Waals surface area contributed by atoms with E-state index < -0.39 is 11.9 Å². The van der Waals surface area contributed by atoms with Crippen LogP contribution in [-0.2, 0) is 0 Å². The first-order chi connectivity index (χ1) is 12.0. The van der Waals surface area contributed by atoms with Gasteiger partial charge in [0.2, 0.25) is 5.88 Å². The summed E-state index contributed by atoms with van der Waals surface area (Å²) in [6.07, 6.45) is 1.50. The highest BCUT2D eigenvalue weighted by atomic mass is 79.9. The van der Waals surface area contributed by atoms with Gasteiger partial charge in [-0.15, -0.1) is 0 Å². The molecule has 0 aliphatic carbocycles. The van der Waals surface area contributed by atoms with Crippen LogP contribution in [0, 0.1) is 6.92 Å². The quantitative estimate of drug-likeness (QED) is 0.689. The number of carbonyl (C=O) groups is 2. The van der Waals surface area contributed by atoms with Gasteiger partial charge in [0.05, 0.1) is 0 Å². The zero-order valence-corrected chi connectivity index (χ0v) is 14.6. The summed E-state index contributed by atoms with van der Waals surface area (Å²) in [6.45, 7) is 1.81. The first-order valence-electron chi connectivity index (χ1n) is 7.18. The first-order valence-corrected chi connectivity index (χ1v) is 7.98. The number of nitrogens with one attached hydrogen (secondary N) is 1. The molecule has 3 aromatic rings. The number of aromatic nitrogens is 2. The van der Waals surface area contributed by atoms with E-state index >= 15 is 0 Å². The number of rotatable bonds is 4. The Bertz CT molecular complexity index is 934. The molecule has 0 bridgehead atoms. The number of carboxylic acid groups (broad SMARTS) is 1. The zero-order valence-electron chi connectivity index (χ0n) is 13.0. The van der Waals surface area contributed by atoms with Crippen molar-refractivity contribution in [1.82, 2.24) is 10.1 Å². The molecule has 0 aliphatic rings. The molecule has 7 nitrogen and oxygen atoms in total. The van der Waals surface area contributed by atoms with Gasteiger partial charge >= 0.3 is 5.97 Å². The molecule has 3 rings (SSSR count). The van der Waals surface area contributed by atoms with Crippen LogP contribution < -0.4 is 5.32 Å². The second kappa shape index (κ2) is 6.86. The van der Waals surface area contributed by atoms with E-state index in [0.29, 0.717) is 11.1 Å². The number of hydrogen-bond donors (Lipinski definition) is 2. The van der Waals surface area contributed by atoms with E-state index in [0.717, 1.165) is 10.2 Å². The second-order valence-electron chi connectivity index (χ2n) is 5.19. The number of benzene rings is 1. The van der Waals surface area contributed by atoms with Crippen LogP contribution >= 0.6 is 15.9 Å². The van der Waals surface area contributed by atoms with Crippen molar-refractivity contribution in [2.45, 2.75) is 6.92 Å². The topological polar surface area (TPSA) is 105 Å². The summed E-state index contributed by atoms with van der Waals surface area (Å²) in [6, 6.07) is 10.0. The van der Waals surface area contributed by atoms with Crippen LogP contribution in [0.2, 0.25) is 0 Å². The van der Waals surface area contributed by atoms with Gasteiger partial charge in [0.25, 0.3) is 5.91 Å². The maximum absolute atomic E-state index is 12.3. The van der Waals surface area contributed by atoms with Crippen molar-refractivity contribution in [3.8, 4) is 11.3 Å². The van der Waals surface area contributed by atoms with Crippen molar-refractivity contribution in [3.05, 3.63) is 63.9 Å². The molecule has 8 heteroatoms. The van der Waals surface area contributed by atoms with Gasteiger partial charge in [0, 0.05) is 27.5 Å². The van der Waals surface area contributed by atoms with Gasteiger partial charge in [-0.3, -0.25) is 15.1 Å². The Kier molecular flexibility index (Phi) is 4.62. The molecule has 0 saturated carbocycles. The van der Waals surface area contributed by atoms with E-state index in [9.17, 15) is 14.7 Å². The molecule has 0 aliphatic heterocycles. The molecule has 2 aromatic heterocycles. The summed E-state index contributed by atoms with van der Waals surface area (Å²) in [4.78, 5) is 28.0. The van der Waals surface area contributed by atoms with Gasteiger partial charge in [0.15, 0.2) is 5.56 Å². The maximum Gasteiger partial charge on any atom is 0.343 e. The predicted octanol–water partition coefficient (Wildman–Crippen LogP) is 3.76. The Morgan fingerprint density at radius 3 is 2.48 bits per heavy atom. The molecule has 1 amide bonds. The van der Waals surface area contributed by atoms with Crippen LogP contribution in [0.25, 0.3) is 11.3 Å². The average molecular weight is 402 g/mol. The zero-order chi connectivity index (χ0) is 18.0. The summed E-state index contributed by atoms with van der Waals surface area (Å²) in [5, 5.41) is 15.7. The Morgan fingerprint density at radius 2 is 1.88 bits per heavy atom. The van der Waals surface area contributed by atoms with Gasteiger partial charge in [0.1, 0.15) is 5.69 Å². The van der Waals surface area contributed by atoms with Gasteiger partial charge in [-0.25, -0.2) is 4.79 Å². The predicted molar refractivity (Wildman–Crippen MR) is 93.5 cm³/mol. The van der Waals surface area contributed by atoms with Gasteiger partial charge < -0.3 is 9.63 Å². The number of halogens is 1. The minimum Gasteiger partial charge on any atom is -0.477 e. The second-order valence-corrected chi connectivity index (χ2v) is 6.11. The van der Waals surface area contributed by atoms with Gasteiger partial charge in [-0.2, -0.15) is 0 Å². The van der Waals surface area contributed by atoms with Crippen LogP contribution in [-0.4, -0.2) is 27.1 Å². The first kappa shape index (κ1) is 16.8. The van der Waals surface area contributed by atoms with Crippen LogP contribution in [0.5, 0.6) is 0 Å². The van der Waals surface area contributed by atoms with Crippen LogP contribution in [0.15, 0.2) is 51.6 Å². The molecule has 0 atom stereocenters. The lowest BCUT2D eigenvalue weighted by Crippen LogP contribution is -2.13. The number of carboxylic acids is 1. The van der Waals surface area contributed by atoms with Crippen molar-refractivity contribution in [2.75, 3.05) is 5.32 Å². The SMILES string of the molecule is Cc1ccc(-c2noc(NC(=O)c3ccc(Br)cc3)c2C(=O)O)cn1. The lowest BCUT2D eigenvalue weighted by Gasteiger charge is -2.03.